The van der Waals surface area contributed by atoms with Crippen molar-refractivity contribution < 1.29 is 4.74 Å². The predicted octanol–water partition coefficient (Wildman–Crippen LogP) is 12.4. The smallest absolute Gasteiger partial charge is 0.235 e. The SMILES string of the molecule is C#C/C=C\C1=C(C)c2nc(-n3c4ccccc4c4c5c6ccccc6n(C6=CC=CCC6)c5c5c6ccccc6n(-c6ccccc6)c5c43)nc3cccc(c23)O1. The molecular formula is C51H33N5O. The average Bonchev–Trinajstić information content (AvgIpc) is 3.91. The highest BCUT2D eigenvalue weighted by Crippen LogP contribution is 2.50. The van der Waals surface area contributed by atoms with Crippen LogP contribution in [0.3, 0.4) is 0 Å². The van der Waals surface area contributed by atoms with E-state index in [1.807, 2.05) is 25.1 Å². The maximum Gasteiger partial charge on any atom is 0.235 e. The van der Waals surface area contributed by atoms with E-state index < -0.39 is 0 Å². The van der Waals surface area contributed by atoms with Crippen molar-refractivity contribution in [2.24, 2.45) is 0 Å². The number of aromatic nitrogens is 5. The van der Waals surface area contributed by atoms with Crippen LogP contribution in [0.15, 0.2) is 157 Å². The van der Waals surface area contributed by atoms with Crippen LogP contribution in [0.5, 0.6) is 5.75 Å². The Kier molecular flexibility index (Phi) is 6.64. The highest BCUT2D eigenvalue weighted by molar-refractivity contribution is 6.40. The van der Waals surface area contributed by atoms with Crippen LogP contribution < -0.4 is 4.74 Å². The molecule has 0 bridgehead atoms. The number of hydrogen-bond donors (Lipinski definition) is 0. The first-order chi connectivity index (χ1) is 28.2. The summed E-state index contributed by atoms with van der Waals surface area (Å²) >= 11 is 0. The molecule has 12 rings (SSSR count). The molecule has 5 heterocycles. The lowest BCUT2D eigenvalue weighted by Gasteiger charge is -2.21. The summed E-state index contributed by atoms with van der Waals surface area (Å²) in [5.74, 6) is 4.59. The molecule has 4 aromatic heterocycles. The van der Waals surface area contributed by atoms with E-state index in [0.717, 1.165) is 68.2 Å². The minimum absolute atomic E-state index is 0.594. The summed E-state index contributed by atoms with van der Waals surface area (Å²) in [6.45, 7) is 2.04. The topological polar surface area (TPSA) is 49.8 Å². The van der Waals surface area contributed by atoms with Gasteiger partial charge in [0.1, 0.15) is 11.5 Å². The van der Waals surface area contributed by atoms with Gasteiger partial charge in [-0.05, 0) is 80.5 Å². The maximum atomic E-state index is 6.38. The van der Waals surface area contributed by atoms with Gasteiger partial charge in [-0.3, -0.25) is 4.57 Å². The van der Waals surface area contributed by atoms with E-state index in [9.17, 15) is 0 Å². The van der Waals surface area contributed by atoms with Crippen LogP contribution in [0.1, 0.15) is 25.5 Å². The average molecular weight is 732 g/mol. The van der Waals surface area contributed by atoms with Gasteiger partial charge in [-0.15, -0.1) is 6.42 Å². The van der Waals surface area contributed by atoms with Crippen LogP contribution in [0.2, 0.25) is 0 Å². The van der Waals surface area contributed by atoms with Crippen molar-refractivity contribution in [2.45, 2.75) is 19.8 Å². The molecule has 0 amide bonds. The summed E-state index contributed by atoms with van der Waals surface area (Å²) in [6, 6.07) is 43.2. The summed E-state index contributed by atoms with van der Waals surface area (Å²) in [5, 5.41) is 8.04. The van der Waals surface area contributed by atoms with Crippen LogP contribution in [-0.2, 0) is 0 Å². The monoisotopic (exact) mass is 731 g/mol. The summed E-state index contributed by atoms with van der Waals surface area (Å²) in [6.07, 6.45) is 17.9. The zero-order chi connectivity index (χ0) is 37.8. The van der Waals surface area contributed by atoms with E-state index >= 15 is 0 Å². The first kappa shape index (κ1) is 31.7. The van der Waals surface area contributed by atoms with E-state index in [-0.39, 0.29) is 0 Å². The summed E-state index contributed by atoms with van der Waals surface area (Å²) < 4.78 is 13.7. The molecule has 0 spiro atoms. The molecule has 0 radical (unpaired) electrons. The molecule has 0 atom stereocenters. The third-order valence-corrected chi connectivity index (χ3v) is 11.8. The molecule has 57 heavy (non-hydrogen) atoms. The highest BCUT2D eigenvalue weighted by atomic mass is 16.5. The van der Waals surface area contributed by atoms with Crippen molar-refractivity contribution in [3.05, 3.63) is 163 Å². The predicted molar refractivity (Wildman–Crippen MR) is 235 cm³/mol. The fraction of sp³-hybridized carbons (Fsp3) is 0.0588. The lowest BCUT2D eigenvalue weighted by molar-refractivity contribution is 0.447. The molecule has 0 fully saturated rings. The van der Waals surface area contributed by atoms with Gasteiger partial charge in [-0.2, -0.15) is 0 Å². The fourth-order valence-corrected chi connectivity index (χ4v) is 9.47. The van der Waals surface area contributed by atoms with E-state index in [1.54, 1.807) is 6.08 Å². The van der Waals surface area contributed by atoms with Crippen molar-refractivity contribution >= 4 is 87.6 Å². The normalized spacial score (nSPS) is 14.3. The number of terminal acetylenes is 1. The first-order valence-electron chi connectivity index (χ1n) is 19.4. The van der Waals surface area contributed by atoms with Crippen LogP contribution in [0.4, 0.5) is 0 Å². The molecule has 268 valence electrons. The Morgan fingerprint density at radius 3 is 2.02 bits per heavy atom. The Balaban J connectivity index is 1.37. The fourth-order valence-electron chi connectivity index (χ4n) is 9.47. The Labute approximate surface area is 327 Å². The quantitative estimate of drug-likeness (QED) is 0.169. The van der Waals surface area contributed by atoms with E-state index in [0.29, 0.717) is 17.5 Å². The van der Waals surface area contributed by atoms with Crippen LogP contribution in [-0.4, -0.2) is 23.7 Å². The Bertz CT molecular complexity index is 3560. The molecule has 0 saturated heterocycles. The van der Waals surface area contributed by atoms with Crippen LogP contribution in [0, 0.1) is 12.3 Å². The summed E-state index contributed by atoms with van der Waals surface area (Å²) in [7, 11) is 0. The van der Waals surface area contributed by atoms with E-state index in [4.69, 9.17) is 21.1 Å². The second-order valence-corrected chi connectivity index (χ2v) is 14.8. The van der Waals surface area contributed by atoms with Crippen molar-refractivity contribution in [2.75, 3.05) is 0 Å². The summed E-state index contributed by atoms with van der Waals surface area (Å²) in [4.78, 5) is 10.9. The molecular weight excluding hydrogens is 699 g/mol. The number of benzene rings is 6. The van der Waals surface area contributed by atoms with Gasteiger partial charge >= 0.3 is 0 Å². The van der Waals surface area contributed by atoms with Crippen molar-refractivity contribution in [3.63, 3.8) is 0 Å². The van der Waals surface area contributed by atoms with Gasteiger partial charge < -0.3 is 13.9 Å². The van der Waals surface area contributed by atoms with Gasteiger partial charge in [0.05, 0.1) is 49.7 Å². The molecule has 6 aromatic carbocycles. The van der Waals surface area contributed by atoms with E-state index in [1.165, 1.54) is 43.7 Å². The van der Waals surface area contributed by atoms with Gasteiger partial charge in [0.2, 0.25) is 5.95 Å². The Morgan fingerprint density at radius 2 is 1.30 bits per heavy atom. The van der Waals surface area contributed by atoms with Crippen LogP contribution in [0.25, 0.3) is 99.2 Å². The number of nitrogens with zero attached hydrogens (tertiary/aromatic N) is 5. The molecule has 0 N–H and O–H groups in total. The minimum atomic E-state index is 0.594. The largest absolute Gasteiger partial charge is 0.456 e. The van der Waals surface area contributed by atoms with Gasteiger partial charge in [0, 0.05) is 49.3 Å². The van der Waals surface area contributed by atoms with Gasteiger partial charge in [0.15, 0.2) is 0 Å². The zero-order valence-electron chi connectivity index (χ0n) is 31.1. The molecule has 0 unspecified atom stereocenters. The van der Waals surface area contributed by atoms with Crippen molar-refractivity contribution in [3.8, 4) is 29.7 Å². The molecule has 0 saturated carbocycles. The number of hydrogen-bond acceptors (Lipinski definition) is 3. The highest BCUT2D eigenvalue weighted by Gasteiger charge is 2.30. The molecule has 6 nitrogen and oxygen atoms in total. The van der Waals surface area contributed by atoms with Gasteiger partial charge in [-0.1, -0.05) is 96.9 Å². The third kappa shape index (κ3) is 4.31. The van der Waals surface area contributed by atoms with Gasteiger partial charge in [0.25, 0.3) is 0 Å². The lowest BCUT2D eigenvalue weighted by atomic mass is 10.0. The molecule has 2 aliphatic rings. The Hall–Kier alpha value is -7.62. The number of para-hydroxylation sites is 4. The number of ether oxygens (including phenoxy) is 1. The zero-order valence-corrected chi connectivity index (χ0v) is 31.1. The number of fused-ring (bicyclic) bond motifs is 12. The third-order valence-electron chi connectivity index (χ3n) is 11.8. The minimum Gasteiger partial charge on any atom is -0.456 e. The Morgan fingerprint density at radius 1 is 0.649 bits per heavy atom. The summed E-state index contributed by atoms with van der Waals surface area (Å²) in [5.41, 5.74) is 11.7. The first-order valence-corrected chi connectivity index (χ1v) is 19.4. The van der Waals surface area contributed by atoms with E-state index in [2.05, 4.69) is 147 Å². The molecule has 1 aliphatic carbocycles. The van der Waals surface area contributed by atoms with Crippen molar-refractivity contribution in [1.82, 2.24) is 23.7 Å². The van der Waals surface area contributed by atoms with Crippen molar-refractivity contribution in [1.29, 1.82) is 0 Å². The number of allylic oxidation sites excluding steroid dienone is 7. The molecule has 6 heteroatoms. The molecule has 10 aromatic rings. The lowest BCUT2D eigenvalue weighted by Crippen LogP contribution is -2.10. The maximum absolute atomic E-state index is 6.38. The van der Waals surface area contributed by atoms with Crippen LogP contribution >= 0.6 is 0 Å². The standard InChI is InChI=1S/C51H33N5O/c1-3-4-29-41-31(2)47-46-37(25-17-30-42(46)57-41)52-51(53-47)56-40-28-16-12-23-35(40)44-43-34-22-11-14-26-38(34)54(32-18-7-5-8-19-32)48(43)45-36-24-13-15-27-39(36)55(50(45)49(44)56)33-20-9-6-10-21-33/h1,4-7,9-18,20-30H,8,19H2,2H3/b29-4-. The second-order valence-electron chi connectivity index (χ2n) is 14.8. The molecule has 1 aliphatic heterocycles. The number of rotatable bonds is 4. The van der Waals surface area contributed by atoms with Gasteiger partial charge in [-0.25, -0.2) is 9.97 Å². The second kappa shape index (κ2) is 11.9.